The van der Waals surface area contributed by atoms with Crippen LogP contribution in [0.4, 0.5) is 0 Å². The van der Waals surface area contributed by atoms with Gasteiger partial charge in [0.15, 0.2) is 5.78 Å². The molecule has 0 aliphatic carbocycles. The van der Waals surface area contributed by atoms with Crippen molar-refractivity contribution in [1.82, 2.24) is 9.78 Å². The first-order valence-corrected chi connectivity index (χ1v) is 7.56. The van der Waals surface area contributed by atoms with Crippen LogP contribution in [-0.4, -0.2) is 27.8 Å². The van der Waals surface area contributed by atoms with Crippen molar-refractivity contribution in [2.75, 3.05) is 6.61 Å². The van der Waals surface area contributed by atoms with Crippen molar-refractivity contribution in [2.24, 2.45) is 7.05 Å². The van der Waals surface area contributed by atoms with E-state index < -0.39 is 5.60 Å². The molecule has 0 radical (unpaired) electrons. The predicted molar refractivity (Wildman–Crippen MR) is 79.3 cm³/mol. The molecule has 1 rings (SSSR count). The Morgan fingerprint density at radius 3 is 2.47 bits per heavy atom. The lowest BCUT2D eigenvalue weighted by atomic mass is 9.94. The van der Waals surface area contributed by atoms with Crippen LogP contribution in [0.1, 0.15) is 45.5 Å². The van der Waals surface area contributed by atoms with Crippen LogP contribution in [0.25, 0.3) is 0 Å². The second-order valence-electron chi connectivity index (χ2n) is 4.80. The molecule has 1 unspecified atom stereocenters. The van der Waals surface area contributed by atoms with Gasteiger partial charge in [0.2, 0.25) is 0 Å². The van der Waals surface area contributed by atoms with E-state index in [4.69, 9.17) is 4.74 Å². The van der Waals surface area contributed by atoms with Crippen molar-refractivity contribution in [1.29, 1.82) is 0 Å². The number of Topliss-reactive ketones (excluding diaryl/α,β-unsaturated/α-hetero) is 1. The first kappa shape index (κ1) is 16.4. The predicted octanol–water partition coefficient (Wildman–Crippen LogP) is 3.06. The highest BCUT2D eigenvalue weighted by molar-refractivity contribution is 9.10. The molecule has 0 aliphatic rings. The van der Waals surface area contributed by atoms with Gasteiger partial charge in [-0.2, -0.15) is 5.10 Å². The lowest BCUT2D eigenvalue weighted by Crippen LogP contribution is -2.39. The smallest absolute Gasteiger partial charge is 0.170 e. The maximum atomic E-state index is 12.5. The van der Waals surface area contributed by atoms with Crippen LogP contribution in [0.5, 0.6) is 0 Å². The SMILES string of the molecule is CCOC(C)(CC)C(=O)Cc1c(Br)c(CC)nn1C. The lowest BCUT2D eigenvalue weighted by Gasteiger charge is -2.26. The Morgan fingerprint density at radius 1 is 1.42 bits per heavy atom. The molecule has 0 N–H and O–H groups in total. The summed E-state index contributed by atoms with van der Waals surface area (Å²) in [5.74, 6) is 0.100. The number of carbonyl (C=O) groups is 1. The molecule has 0 spiro atoms. The molecule has 5 heteroatoms. The van der Waals surface area contributed by atoms with E-state index in [1.165, 1.54) is 0 Å². The molecule has 0 aromatic carbocycles. The van der Waals surface area contributed by atoms with E-state index in [0.717, 1.165) is 22.3 Å². The second kappa shape index (κ2) is 6.66. The van der Waals surface area contributed by atoms with Crippen LogP contribution in [-0.2, 0) is 29.4 Å². The molecule has 1 aromatic rings. The standard InChI is InChI=1S/C14H23BrN2O2/c1-6-10-13(15)11(17(5)16-10)9-12(18)14(4,7-2)19-8-3/h6-9H2,1-5H3. The lowest BCUT2D eigenvalue weighted by molar-refractivity contribution is -0.141. The highest BCUT2D eigenvalue weighted by Crippen LogP contribution is 2.25. The number of ether oxygens (including phenoxy) is 1. The van der Waals surface area contributed by atoms with Gasteiger partial charge in [0.05, 0.1) is 22.3 Å². The zero-order valence-electron chi connectivity index (χ0n) is 12.4. The molecule has 0 saturated heterocycles. The van der Waals surface area contributed by atoms with Crippen LogP contribution in [0.15, 0.2) is 4.47 Å². The van der Waals surface area contributed by atoms with Crippen molar-refractivity contribution < 1.29 is 9.53 Å². The Bertz CT molecular complexity index is 457. The highest BCUT2D eigenvalue weighted by Gasteiger charge is 2.32. The summed E-state index contributed by atoms with van der Waals surface area (Å²) >= 11 is 3.54. The summed E-state index contributed by atoms with van der Waals surface area (Å²) in [5, 5.41) is 4.41. The summed E-state index contributed by atoms with van der Waals surface area (Å²) in [6.45, 7) is 8.35. The maximum Gasteiger partial charge on any atom is 0.170 e. The molecule has 0 fully saturated rings. The quantitative estimate of drug-likeness (QED) is 0.771. The fourth-order valence-corrected chi connectivity index (χ4v) is 2.81. The van der Waals surface area contributed by atoms with E-state index in [1.807, 2.05) is 27.8 Å². The molecular weight excluding hydrogens is 308 g/mol. The normalized spacial score (nSPS) is 14.4. The van der Waals surface area contributed by atoms with Gasteiger partial charge in [-0.05, 0) is 42.6 Å². The summed E-state index contributed by atoms with van der Waals surface area (Å²) in [6.07, 6.45) is 1.86. The van der Waals surface area contributed by atoms with Crippen molar-refractivity contribution >= 4 is 21.7 Å². The van der Waals surface area contributed by atoms with Crippen molar-refractivity contribution in [2.45, 2.75) is 52.6 Å². The summed E-state index contributed by atoms with van der Waals surface area (Å²) < 4.78 is 8.36. The molecule has 4 nitrogen and oxygen atoms in total. The average molecular weight is 331 g/mol. The van der Waals surface area contributed by atoms with Crippen LogP contribution in [0.2, 0.25) is 0 Å². The van der Waals surface area contributed by atoms with E-state index in [1.54, 1.807) is 4.68 Å². The molecule has 0 bridgehead atoms. The number of hydrogen-bond donors (Lipinski definition) is 0. The molecule has 1 aromatic heterocycles. The number of nitrogens with zero attached hydrogens (tertiary/aromatic N) is 2. The zero-order valence-corrected chi connectivity index (χ0v) is 14.0. The molecule has 19 heavy (non-hydrogen) atoms. The molecule has 0 aliphatic heterocycles. The van der Waals surface area contributed by atoms with Gasteiger partial charge in [-0.15, -0.1) is 0 Å². The van der Waals surface area contributed by atoms with E-state index in [9.17, 15) is 4.79 Å². The number of ketones is 1. The third-order valence-corrected chi connectivity index (χ3v) is 4.47. The first-order chi connectivity index (χ1) is 8.89. The highest BCUT2D eigenvalue weighted by atomic mass is 79.9. The summed E-state index contributed by atoms with van der Waals surface area (Å²) in [6, 6.07) is 0. The third kappa shape index (κ3) is 3.45. The van der Waals surface area contributed by atoms with E-state index in [2.05, 4.69) is 28.0 Å². The minimum Gasteiger partial charge on any atom is -0.368 e. The Hall–Kier alpha value is -0.680. The van der Waals surface area contributed by atoms with Crippen LogP contribution < -0.4 is 0 Å². The van der Waals surface area contributed by atoms with Crippen LogP contribution in [0, 0.1) is 0 Å². The van der Waals surface area contributed by atoms with Gasteiger partial charge in [0.1, 0.15) is 5.60 Å². The number of carbonyl (C=O) groups excluding carboxylic acids is 1. The number of aryl methyl sites for hydroxylation is 2. The number of hydrogen-bond acceptors (Lipinski definition) is 3. The van der Waals surface area contributed by atoms with E-state index in [0.29, 0.717) is 19.4 Å². The van der Waals surface area contributed by atoms with Gasteiger partial charge >= 0.3 is 0 Å². The average Bonchev–Trinajstić information content (AvgIpc) is 2.66. The molecular formula is C14H23BrN2O2. The molecule has 0 saturated carbocycles. The summed E-state index contributed by atoms with van der Waals surface area (Å²) in [5.41, 5.74) is 1.20. The van der Waals surface area contributed by atoms with E-state index in [-0.39, 0.29) is 5.78 Å². The Labute approximate surface area is 123 Å². The fourth-order valence-electron chi connectivity index (χ4n) is 2.05. The van der Waals surface area contributed by atoms with Crippen molar-refractivity contribution in [3.05, 3.63) is 15.9 Å². The van der Waals surface area contributed by atoms with Gasteiger partial charge in [-0.1, -0.05) is 13.8 Å². The van der Waals surface area contributed by atoms with Gasteiger partial charge in [-0.3, -0.25) is 9.48 Å². The van der Waals surface area contributed by atoms with Gasteiger partial charge < -0.3 is 4.74 Å². The van der Waals surface area contributed by atoms with Gasteiger partial charge in [0.25, 0.3) is 0 Å². The van der Waals surface area contributed by atoms with Crippen LogP contribution in [0.3, 0.4) is 0 Å². The molecule has 0 amide bonds. The summed E-state index contributed by atoms with van der Waals surface area (Å²) in [4.78, 5) is 12.5. The number of halogens is 1. The Kier molecular flexibility index (Phi) is 5.74. The molecule has 1 heterocycles. The summed E-state index contributed by atoms with van der Waals surface area (Å²) in [7, 11) is 1.87. The minimum absolute atomic E-state index is 0.100. The Morgan fingerprint density at radius 2 is 2.05 bits per heavy atom. The van der Waals surface area contributed by atoms with Gasteiger partial charge in [-0.25, -0.2) is 0 Å². The van der Waals surface area contributed by atoms with Crippen LogP contribution >= 0.6 is 15.9 Å². The fraction of sp³-hybridized carbons (Fsp3) is 0.714. The molecule has 1 atom stereocenters. The third-order valence-electron chi connectivity index (χ3n) is 3.56. The van der Waals surface area contributed by atoms with Crippen molar-refractivity contribution in [3.63, 3.8) is 0 Å². The number of rotatable bonds is 7. The first-order valence-electron chi connectivity index (χ1n) is 6.77. The van der Waals surface area contributed by atoms with Gasteiger partial charge in [0, 0.05) is 13.7 Å². The largest absolute Gasteiger partial charge is 0.368 e. The maximum absolute atomic E-state index is 12.5. The van der Waals surface area contributed by atoms with E-state index >= 15 is 0 Å². The molecule has 108 valence electrons. The zero-order chi connectivity index (χ0) is 14.6. The topological polar surface area (TPSA) is 44.1 Å². The number of aromatic nitrogens is 2. The monoisotopic (exact) mass is 330 g/mol. The second-order valence-corrected chi connectivity index (χ2v) is 5.59. The Balaban J connectivity index is 2.96. The van der Waals surface area contributed by atoms with Crippen molar-refractivity contribution in [3.8, 4) is 0 Å². The minimum atomic E-state index is -0.704.